The number of fused-ring (bicyclic) bond motifs is 2. The first-order chi connectivity index (χ1) is 15.7. The number of amides is 1. The van der Waals surface area contributed by atoms with Crippen molar-refractivity contribution in [2.24, 2.45) is 0 Å². The quantitative estimate of drug-likeness (QED) is 0.318. The van der Waals surface area contributed by atoms with E-state index < -0.39 is 0 Å². The number of hydrogen-bond acceptors (Lipinski definition) is 6. The van der Waals surface area contributed by atoms with Crippen LogP contribution < -0.4 is 9.47 Å². The van der Waals surface area contributed by atoms with Crippen LogP contribution in [-0.2, 0) is 11.2 Å². The minimum Gasteiger partial charge on any atom is -0.497 e. The summed E-state index contributed by atoms with van der Waals surface area (Å²) in [4.78, 5) is 24.3. The number of methoxy groups -OCH3 is 1. The maximum atomic E-state index is 12.8. The van der Waals surface area contributed by atoms with Gasteiger partial charge in [-0.3, -0.25) is 4.79 Å². The molecule has 6 nitrogen and oxygen atoms in total. The molecule has 0 atom stereocenters. The molecule has 0 N–H and O–H groups in total. The molecule has 0 bridgehead atoms. The number of thioether (sulfide) groups is 1. The van der Waals surface area contributed by atoms with Gasteiger partial charge < -0.3 is 14.4 Å². The predicted molar refractivity (Wildman–Crippen MR) is 124 cm³/mol. The topological polar surface area (TPSA) is 64.5 Å². The monoisotopic (exact) mass is 447 g/mol. The summed E-state index contributed by atoms with van der Waals surface area (Å²) in [6.07, 6.45) is 4.07. The van der Waals surface area contributed by atoms with Gasteiger partial charge in [0.25, 0.3) is 0 Å². The second kappa shape index (κ2) is 9.20. The summed E-state index contributed by atoms with van der Waals surface area (Å²) >= 11 is 1.48. The van der Waals surface area contributed by atoms with Crippen LogP contribution in [0.2, 0.25) is 0 Å². The number of piperidine rings is 1. The Hall–Kier alpha value is -3.06. The van der Waals surface area contributed by atoms with Crippen LogP contribution in [0.25, 0.3) is 11.4 Å². The van der Waals surface area contributed by atoms with E-state index in [1.807, 2.05) is 47.4 Å². The highest BCUT2D eigenvalue weighted by Gasteiger charge is 2.25. The highest BCUT2D eigenvalue weighted by atomic mass is 32.2. The lowest BCUT2D eigenvalue weighted by Gasteiger charge is -2.27. The molecule has 0 saturated carbocycles. The van der Waals surface area contributed by atoms with Crippen molar-refractivity contribution < 1.29 is 14.3 Å². The number of carbonyl (C=O) groups excluding carboxylic acids is 1. The molecule has 1 saturated heterocycles. The van der Waals surface area contributed by atoms with E-state index in [9.17, 15) is 4.79 Å². The molecule has 0 unspecified atom stereocenters. The van der Waals surface area contributed by atoms with E-state index in [1.165, 1.54) is 18.2 Å². The zero-order valence-corrected chi connectivity index (χ0v) is 18.9. The molecule has 3 heterocycles. The second-order valence-corrected chi connectivity index (χ2v) is 8.95. The number of aromatic nitrogens is 2. The highest BCUT2D eigenvalue weighted by molar-refractivity contribution is 7.99. The zero-order chi connectivity index (χ0) is 21.9. The fourth-order valence-electron chi connectivity index (χ4n) is 4.08. The Labute approximate surface area is 192 Å². The predicted octanol–water partition coefficient (Wildman–Crippen LogP) is 4.95. The van der Waals surface area contributed by atoms with Gasteiger partial charge in [0.2, 0.25) is 11.8 Å². The fourth-order valence-corrected chi connectivity index (χ4v) is 5.00. The lowest BCUT2D eigenvalue weighted by molar-refractivity contribution is -0.129. The van der Waals surface area contributed by atoms with Gasteiger partial charge in [-0.1, -0.05) is 30.0 Å². The third-order valence-electron chi connectivity index (χ3n) is 5.87. The molecule has 164 valence electrons. The molecule has 1 amide bonds. The molecule has 5 rings (SSSR count). The molecule has 0 aliphatic carbocycles. The molecule has 0 radical (unpaired) electrons. The molecule has 32 heavy (non-hydrogen) atoms. The van der Waals surface area contributed by atoms with Gasteiger partial charge in [-0.25, -0.2) is 4.98 Å². The lowest BCUT2D eigenvalue weighted by Crippen LogP contribution is -2.36. The standard InChI is InChI=1S/C25H25N3O3S/c1-30-19-11-9-17(10-12-19)23-26-24-20(15-18-7-3-4-8-21(18)31-24)25(27-23)32-16-22(29)28-13-5-2-6-14-28/h3-4,7-12H,2,5-6,13-16H2,1H3. The lowest BCUT2D eigenvalue weighted by atomic mass is 10.0. The Morgan fingerprint density at radius 2 is 1.84 bits per heavy atom. The molecule has 1 aromatic heterocycles. The molecular formula is C25H25N3O3S. The Morgan fingerprint density at radius 3 is 2.62 bits per heavy atom. The van der Waals surface area contributed by atoms with E-state index in [0.29, 0.717) is 23.9 Å². The van der Waals surface area contributed by atoms with Crippen LogP contribution in [0.5, 0.6) is 17.4 Å². The van der Waals surface area contributed by atoms with Crippen LogP contribution in [0.4, 0.5) is 0 Å². The van der Waals surface area contributed by atoms with Crippen molar-refractivity contribution in [3.63, 3.8) is 0 Å². The summed E-state index contributed by atoms with van der Waals surface area (Å²) in [6, 6.07) is 15.6. The summed E-state index contributed by atoms with van der Waals surface area (Å²) < 4.78 is 11.4. The van der Waals surface area contributed by atoms with E-state index in [0.717, 1.165) is 59.1 Å². The molecule has 2 aliphatic heterocycles. The number of benzene rings is 2. The third kappa shape index (κ3) is 4.30. The van der Waals surface area contributed by atoms with Crippen LogP contribution >= 0.6 is 11.8 Å². The van der Waals surface area contributed by atoms with Crippen LogP contribution in [-0.4, -0.2) is 46.7 Å². The van der Waals surface area contributed by atoms with Gasteiger partial charge in [0.15, 0.2) is 5.82 Å². The Morgan fingerprint density at radius 1 is 1.06 bits per heavy atom. The fraction of sp³-hybridized carbons (Fsp3) is 0.320. The first-order valence-electron chi connectivity index (χ1n) is 10.9. The van der Waals surface area contributed by atoms with E-state index in [4.69, 9.17) is 19.4 Å². The molecule has 3 aromatic rings. The SMILES string of the molecule is COc1ccc(-c2nc3c(c(SCC(=O)N4CCCCC4)n2)Cc2ccccc2O3)cc1. The molecular weight excluding hydrogens is 422 g/mol. The van der Waals surface area contributed by atoms with Crippen LogP contribution in [0.3, 0.4) is 0 Å². The summed E-state index contributed by atoms with van der Waals surface area (Å²) in [5.74, 6) is 3.28. The van der Waals surface area contributed by atoms with Crippen LogP contribution in [0.1, 0.15) is 30.4 Å². The Kier molecular flexibility index (Phi) is 5.99. The van der Waals surface area contributed by atoms with E-state index in [1.54, 1.807) is 7.11 Å². The number of para-hydroxylation sites is 1. The van der Waals surface area contributed by atoms with Crippen molar-refractivity contribution in [3.8, 4) is 28.8 Å². The van der Waals surface area contributed by atoms with Crippen molar-refractivity contribution in [2.45, 2.75) is 30.7 Å². The normalized spacial score (nSPS) is 14.8. The largest absolute Gasteiger partial charge is 0.497 e. The number of rotatable bonds is 5. The van der Waals surface area contributed by atoms with Crippen molar-refractivity contribution in [2.75, 3.05) is 26.0 Å². The molecule has 1 fully saturated rings. The van der Waals surface area contributed by atoms with E-state index in [2.05, 4.69) is 6.07 Å². The minimum absolute atomic E-state index is 0.171. The van der Waals surface area contributed by atoms with Crippen molar-refractivity contribution in [1.29, 1.82) is 0 Å². The number of hydrogen-bond donors (Lipinski definition) is 0. The first-order valence-corrected chi connectivity index (χ1v) is 11.9. The first kappa shape index (κ1) is 20.8. The third-order valence-corrected chi connectivity index (χ3v) is 6.87. The van der Waals surface area contributed by atoms with Crippen LogP contribution in [0.15, 0.2) is 53.6 Å². The number of carbonyl (C=O) groups is 1. The Bertz CT molecular complexity index is 1130. The minimum atomic E-state index is 0.171. The molecule has 2 aliphatic rings. The van der Waals surface area contributed by atoms with Gasteiger partial charge in [-0.15, -0.1) is 0 Å². The average Bonchev–Trinajstić information content (AvgIpc) is 2.86. The summed E-state index contributed by atoms with van der Waals surface area (Å²) in [7, 11) is 1.64. The van der Waals surface area contributed by atoms with Gasteiger partial charge in [-0.05, 0) is 55.2 Å². The molecule has 0 spiro atoms. The van der Waals surface area contributed by atoms with E-state index in [-0.39, 0.29) is 5.91 Å². The van der Waals surface area contributed by atoms with Crippen molar-refractivity contribution in [1.82, 2.24) is 14.9 Å². The molecule has 7 heteroatoms. The average molecular weight is 448 g/mol. The van der Waals surface area contributed by atoms with Gasteiger partial charge in [-0.2, -0.15) is 4.98 Å². The second-order valence-electron chi connectivity index (χ2n) is 7.98. The summed E-state index contributed by atoms with van der Waals surface area (Å²) in [6.45, 7) is 1.71. The van der Waals surface area contributed by atoms with Crippen LogP contribution in [0, 0.1) is 0 Å². The Balaban J connectivity index is 1.46. The smallest absolute Gasteiger partial charge is 0.232 e. The van der Waals surface area contributed by atoms with Gasteiger partial charge in [0.05, 0.1) is 18.4 Å². The zero-order valence-electron chi connectivity index (χ0n) is 18.0. The van der Waals surface area contributed by atoms with Gasteiger partial charge >= 0.3 is 0 Å². The number of ether oxygens (including phenoxy) is 2. The number of nitrogens with zero attached hydrogens (tertiary/aromatic N) is 3. The summed E-state index contributed by atoms with van der Waals surface area (Å²) in [5.41, 5.74) is 2.92. The number of likely N-dealkylation sites (tertiary alicyclic amines) is 1. The van der Waals surface area contributed by atoms with Gasteiger partial charge in [0, 0.05) is 25.1 Å². The summed E-state index contributed by atoms with van der Waals surface area (Å²) in [5, 5.41) is 0.806. The highest BCUT2D eigenvalue weighted by Crippen LogP contribution is 2.40. The van der Waals surface area contributed by atoms with Crippen molar-refractivity contribution in [3.05, 3.63) is 59.7 Å². The maximum absolute atomic E-state index is 12.8. The van der Waals surface area contributed by atoms with Crippen molar-refractivity contribution >= 4 is 17.7 Å². The van der Waals surface area contributed by atoms with Gasteiger partial charge in [0.1, 0.15) is 16.5 Å². The maximum Gasteiger partial charge on any atom is 0.232 e. The van der Waals surface area contributed by atoms with E-state index >= 15 is 0 Å². The molecule has 2 aromatic carbocycles.